The zero-order chi connectivity index (χ0) is 9.19. The van der Waals surface area contributed by atoms with Gasteiger partial charge in [0.05, 0.1) is 11.4 Å². The molecule has 66 valence electrons. The number of nitrogens with zero attached hydrogens (tertiary/aromatic N) is 1. The van der Waals surface area contributed by atoms with E-state index in [0.717, 1.165) is 6.26 Å². The molecule has 12 heavy (non-hydrogen) atoms. The minimum atomic E-state index is -3.02. The van der Waals surface area contributed by atoms with Crippen LogP contribution in [-0.2, 0) is 15.6 Å². The zero-order valence-corrected chi connectivity index (χ0v) is 8.06. The van der Waals surface area contributed by atoms with Gasteiger partial charge >= 0.3 is 0 Å². The summed E-state index contributed by atoms with van der Waals surface area (Å²) in [6.07, 6.45) is 1.16. The fourth-order valence-corrected chi connectivity index (χ4v) is 1.68. The molecule has 0 bridgehead atoms. The second-order valence-electron chi connectivity index (χ2n) is 2.52. The number of rotatable bonds is 2. The molecule has 0 radical (unpaired) electrons. The van der Waals surface area contributed by atoms with Crippen molar-refractivity contribution >= 4 is 21.4 Å². The molecule has 1 rings (SSSR count). The van der Waals surface area contributed by atoms with Crippen LogP contribution >= 0.6 is 11.6 Å². The van der Waals surface area contributed by atoms with Crippen molar-refractivity contribution in [2.75, 3.05) is 6.26 Å². The van der Waals surface area contributed by atoms with Crippen LogP contribution < -0.4 is 0 Å². The van der Waals surface area contributed by atoms with E-state index in [-0.39, 0.29) is 5.75 Å². The Morgan fingerprint density at radius 1 is 1.50 bits per heavy atom. The highest BCUT2D eigenvalue weighted by Crippen LogP contribution is 2.07. The number of hydrogen-bond donors (Lipinski definition) is 0. The van der Waals surface area contributed by atoms with E-state index in [4.69, 9.17) is 11.6 Å². The van der Waals surface area contributed by atoms with E-state index in [2.05, 4.69) is 4.98 Å². The summed E-state index contributed by atoms with van der Waals surface area (Å²) < 4.78 is 21.7. The van der Waals surface area contributed by atoms with E-state index in [1.807, 2.05) is 0 Å². The van der Waals surface area contributed by atoms with E-state index >= 15 is 0 Å². The first-order valence-electron chi connectivity index (χ1n) is 3.26. The molecule has 1 aromatic rings. The highest BCUT2D eigenvalue weighted by Gasteiger charge is 2.05. The van der Waals surface area contributed by atoms with Crippen molar-refractivity contribution in [2.24, 2.45) is 0 Å². The largest absolute Gasteiger partial charge is 0.240 e. The van der Waals surface area contributed by atoms with E-state index in [1.54, 1.807) is 18.2 Å². The second-order valence-corrected chi connectivity index (χ2v) is 5.05. The van der Waals surface area contributed by atoms with Crippen molar-refractivity contribution in [3.63, 3.8) is 0 Å². The van der Waals surface area contributed by atoms with Crippen LogP contribution in [-0.4, -0.2) is 19.7 Å². The summed E-state index contributed by atoms with van der Waals surface area (Å²) in [5.74, 6) is -0.0619. The van der Waals surface area contributed by atoms with Gasteiger partial charge < -0.3 is 0 Å². The van der Waals surface area contributed by atoms with Crippen molar-refractivity contribution in [1.29, 1.82) is 0 Å². The van der Waals surface area contributed by atoms with Gasteiger partial charge in [-0.15, -0.1) is 0 Å². The van der Waals surface area contributed by atoms with Crippen LogP contribution in [0, 0.1) is 0 Å². The lowest BCUT2D eigenvalue weighted by atomic mass is 10.4. The molecule has 0 aliphatic carbocycles. The first-order valence-corrected chi connectivity index (χ1v) is 5.70. The van der Waals surface area contributed by atoms with Crippen molar-refractivity contribution in [3.05, 3.63) is 29.0 Å². The van der Waals surface area contributed by atoms with Crippen LogP contribution in [0.15, 0.2) is 18.2 Å². The van der Waals surface area contributed by atoms with Crippen molar-refractivity contribution in [1.82, 2.24) is 4.98 Å². The lowest BCUT2D eigenvalue weighted by Gasteiger charge is -1.97. The van der Waals surface area contributed by atoms with Gasteiger partial charge in [0.2, 0.25) is 0 Å². The number of aromatic nitrogens is 1. The highest BCUT2D eigenvalue weighted by molar-refractivity contribution is 7.89. The molecule has 0 saturated heterocycles. The van der Waals surface area contributed by atoms with Gasteiger partial charge in [-0.1, -0.05) is 17.7 Å². The van der Waals surface area contributed by atoms with Crippen LogP contribution in [0.4, 0.5) is 0 Å². The third kappa shape index (κ3) is 3.19. The standard InChI is InChI=1S/C7H8ClNO2S/c1-12(10,11)5-6-3-2-4-7(8)9-6/h2-4H,5H2,1H3. The Bertz CT molecular complexity index is 375. The first-order chi connectivity index (χ1) is 5.47. The molecule has 0 unspecified atom stereocenters. The average Bonchev–Trinajstić information content (AvgIpc) is 1.82. The van der Waals surface area contributed by atoms with E-state index < -0.39 is 9.84 Å². The molecule has 5 heteroatoms. The molecular weight excluding hydrogens is 198 g/mol. The molecule has 0 saturated carbocycles. The molecule has 1 aromatic heterocycles. The monoisotopic (exact) mass is 205 g/mol. The molecule has 0 spiro atoms. The highest BCUT2D eigenvalue weighted by atomic mass is 35.5. The fourth-order valence-electron chi connectivity index (χ4n) is 0.799. The predicted molar refractivity (Wildman–Crippen MR) is 47.8 cm³/mol. The van der Waals surface area contributed by atoms with Crippen LogP contribution in [0.5, 0.6) is 0 Å². The smallest absolute Gasteiger partial charge is 0.153 e. The summed E-state index contributed by atoms with van der Waals surface area (Å²) in [7, 11) is -3.02. The Hall–Kier alpha value is -0.610. The molecule has 0 N–H and O–H groups in total. The van der Waals surface area contributed by atoms with Gasteiger partial charge in [0.1, 0.15) is 5.15 Å². The molecular formula is C7H8ClNO2S. The average molecular weight is 206 g/mol. The molecule has 0 amide bonds. The van der Waals surface area contributed by atoms with Crippen LogP contribution in [0.2, 0.25) is 5.15 Å². The normalized spacial score (nSPS) is 11.5. The number of halogens is 1. The van der Waals surface area contributed by atoms with Crippen LogP contribution in [0.1, 0.15) is 5.69 Å². The summed E-state index contributed by atoms with van der Waals surface area (Å²) in [5.41, 5.74) is 0.477. The lowest BCUT2D eigenvalue weighted by molar-refractivity contribution is 0.600. The summed E-state index contributed by atoms with van der Waals surface area (Å²) in [4.78, 5) is 3.84. The molecule has 0 atom stereocenters. The summed E-state index contributed by atoms with van der Waals surface area (Å²) in [6, 6.07) is 4.91. The molecule has 3 nitrogen and oxygen atoms in total. The minimum Gasteiger partial charge on any atom is -0.240 e. The van der Waals surface area contributed by atoms with E-state index in [1.165, 1.54) is 0 Å². The molecule has 0 aliphatic heterocycles. The molecule has 0 aliphatic rings. The van der Waals surface area contributed by atoms with Crippen molar-refractivity contribution in [3.8, 4) is 0 Å². The summed E-state index contributed by atoms with van der Waals surface area (Å²) in [5, 5.41) is 0.316. The zero-order valence-electron chi connectivity index (χ0n) is 6.49. The maximum atomic E-state index is 10.8. The topological polar surface area (TPSA) is 47.0 Å². The van der Waals surface area contributed by atoms with Crippen molar-refractivity contribution < 1.29 is 8.42 Å². The number of pyridine rings is 1. The molecule has 1 heterocycles. The maximum absolute atomic E-state index is 10.8. The molecule has 0 fully saturated rings. The number of hydrogen-bond acceptors (Lipinski definition) is 3. The third-order valence-electron chi connectivity index (χ3n) is 1.18. The van der Waals surface area contributed by atoms with Gasteiger partial charge in [0.15, 0.2) is 9.84 Å². The van der Waals surface area contributed by atoms with Gasteiger partial charge in [-0.3, -0.25) is 0 Å². The minimum absolute atomic E-state index is 0.0619. The van der Waals surface area contributed by atoms with Gasteiger partial charge in [0.25, 0.3) is 0 Å². The summed E-state index contributed by atoms with van der Waals surface area (Å²) in [6.45, 7) is 0. The summed E-state index contributed by atoms with van der Waals surface area (Å²) >= 11 is 5.57. The Balaban J connectivity index is 2.91. The van der Waals surface area contributed by atoms with Gasteiger partial charge in [-0.05, 0) is 12.1 Å². The number of sulfone groups is 1. The van der Waals surface area contributed by atoms with Gasteiger partial charge in [-0.2, -0.15) is 0 Å². The SMILES string of the molecule is CS(=O)(=O)Cc1cccc(Cl)n1. The van der Waals surface area contributed by atoms with Gasteiger partial charge in [-0.25, -0.2) is 13.4 Å². The molecule has 0 aromatic carbocycles. The Morgan fingerprint density at radius 3 is 2.67 bits per heavy atom. The van der Waals surface area contributed by atoms with Crippen LogP contribution in [0.25, 0.3) is 0 Å². The Labute approximate surface area is 76.3 Å². The Kier molecular flexibility index (Phi) is 2.69. The first kappa shape index (κ1) is 9.48. The van der Waals surface area contributed by atoms with E-state index in [9.17, 15) is 8.42 Å². The third-order valence-corrected chi connectivity index (χ3v) is 2.21. The van der Waals surface area contributed by atoms with Gasteiger partial charge in [0, 0.05) is 6.26 Å². The quantitative estimate of drug-likeness (QED) is 0.684. The van der Waals surface area contributed by atoms with E-state index in [0.29, 0.717) is 10.8 Å². The predicted octanol–water partition coefficient (Wildman–Crippen LogP) is 1.28. The second kappa shape index (κ2) is 3.41. The lowest BCUT2D eigenvalue weighted by Crippen LogP contribution is -2.02. The van der Waals surface area contributed by atoms with Crippen molar-refractivity contribution in [2.45, 2.75) is 5.75 Å². The van der Waals surface area contributed by atoms with Crippen LogP contribution in [0.3, 0.4) is 0 Å². The maximum Gasteiger partial charge on any atom is 0.153 e. The fraction of sp³-hybridized carbons (Fsp3) is 0.286. The Morgan fingerprint density at radius 2 is 2.17 bits per heavy atom.